The molecule has 30 heavy (non-hydrogen) atoms. The van der Waals surface area contributed by atoms with E-state index in [0.717, 1.165) is 51.3 Å². The van der Waals surface area contributed by atoms with E-state index in [-0.39, 0.29) is 17.8 Å². The van der Waals surface area contributed by atoms with E-state index in [1.807, 2.05) is 53.9 Å². The monoisotopic (exact) mass is 417 g/mol. The third kappa shape index (κ3) is 3.78. The summed E-state index contributed by atoms with van der Waals surface area (Å²) >= 11 is 1.58. The lowest BCUT2D eigenvalue weighted by atomic mass is 10.1. The van der Waals surface area contributed by atoms with E-state index in [9.17, 15) is 9.18 Å². The molecular weight excluding hydrogens is 397 g/mol. The molecule has 0 saturated carbocycles. The summed E-state index contributed by atoms with van der Waals surface area (Å²) in [5.41, 5.74) is 3.76. The van der Waals surface area contributed by atoms with Gasteiger partial charge in [0.25, 0.3) is 0 Å². The van der Waals surface area contributed by atoms with Crippen LogP contribution in [0, 0.1) is 5.82 Å². The number of nitrogens with one attached hydrogen (secondary N) is 2. The molecule has 1 aliphatic carbocycles. The van der Waals surface area contributed by atoms with Crippen LogP contribution in [-0.2, 0) is 17.6 Å². The molecule has 1 atom stereocenters. The summed E-state index contributed by atoms with van der Waals surface area (Å²) < 4.78 is 13.5. The van der Waals surface area contributed by atoms with Crippen molar-refractivity contribution in [3.05, 3.63) is 87.9 Å². The number of carbonyl (C=O) groups is 1. The molecule has 1 amide bonds. The Morgan fingerprint density at radius 1 is 1.13 bits per heavy atom. The Morgan fingerprint density at radius 2 is 2.07 bits per heavy atom. The van der Waals surface area contributed by atoms with Crippen molar-refractivity contribution in [2.24, 2.45) is 0 Å². The van der Waals surface area contributed by atoms with Crippen LogP contribution in [0.4, 0.5) is 15.9 Å². The Morgan fingerprint density at radius 3 is 2.93 bits per heavy atom. The van der Waals surface area contributed by atoms with Gasteiger partial charge in [0.1, 0.15) is 11.6 Å². The normalized spacial score (nSPS) is 15.2. The lowest BCUT2D eigenvalue weighted by molar-refractivity contribution is -0.115. The van der Waals surface area contributed by atoms with E-state index < -0.39 is 0 Å². The van der Waals surface area contributed by atoms with Gasteiger partial charge in [-0.2, -0.15) is 0 Å². The third-order valence-electron chi connectivity index (χ3n) is 5.43. The highest BCUT2D eigenvalue weighted by Crippen LogP contribution is 2.34. The van der Waals surface area contributed by atoms with E-state index in [1.165, 1.54) is 6.07 Å². The minimum Gasteiger partial charge on any atom is -0.363 e. The highest BCUT2D eigenvalue weighted by Gasteiger charge is 2.23. The molecule has 1 unspecified atom stereocenters. The second kappa shape index (κ2) is 7.88. The quantitative estimate of drug-likeness (QED) is 0.437. The minimum absolute atomic E-state index is 0.0399. The molecule has 2 aromatic heterocycles. The topological polar surface area (TPSA) is 54.0 Å². The summed E-state index contributed by atoms with van der Waals surface area (Å²) in [6.07, 6.45) is 2.14. The van der Waals surface area contributed by atoms with E-state index in [4.69, 9.17) is 4.98 Å². The highest BCUT2D eigenvalue weighted by atomic mass is 32.1. The first-order valence-electron chi connectivity index (χ1n) is 9.92. The van der Waals surface area contributed by atoms with Crippen molar-refractivity contribution < 1.29 is 9.18 Å². The van der Waals surface area contributed by atoms with Crippen molar-refractivity contribution >= 4 is 39.7 Å². The third-order valence-corrected chi connectivity index (χ3v) is 6.30. The first-order chi connectivity index (χ1) is 14.7. The van der Waals surface area contributed by atoms with Crippen LogP contribution in [0.25, 0.3) is 10.9 Å². The molecular formula is C24H20FN3OS. The maximum absolute atomic E-state index is 13.5. The van der Waals surface area contributed by atoms with E-state index >= 15 is 0 Å². The number of thiophene rings is 1. The van der Waals surface area contributed by atoms with Gasteiger partial charge in [-0.3, -0.25) is 4.79 Å². The minimum atomic E-state index is -0.188. The van der Waals surface area contributed by atoms with E-state index in [1.54, 1.807) is 17.4 Å². The Bertz CT molecular complexity index is 1220. The highest BCUT2D eigenvalue weighted by molar-refractivity contribution is 7.10. The van der Waals surface area contributed by atoms with Crippen LogP contribution in [0.2, 0.25) is 0 Å². The maximum Gasteiger partial charge on any atom is 0.229 e. The fourth-order valence-electron chi connectivity index (χ4n) is 4.02. The lowest BCUT2D eigenvalue weighted by Gasteiger charge is -2.16. The molecule has 4 aromatic rings. The first kappa shape index (κ1) is 18.8. The molecule has 6 heteroatoms. The fraction of sp³-hybridized carbons (Fsp3) is 0.167. The number of aryl methyl sites for hydroxylation is 1. The predicted octanol–water partition coefficient (Wildman–Crippen LogP) is 5.72. The number of nitrogens with zero attached hydrogens (tertiary/aromatic N) is 1. The van der Waals surface area contributed by atoms with Gasteiger partial charge in [0, 0.05) is 10.3 Å². The summed E-state index contributed by atoms with van der Waals surface area (Å²) in [6, 6.07) is 18.7. The van der Waals surface area contributed by atoms with Crippen molar-refractivity contribution in [2.45, 2.75) is 25.3 Å². The molecule has 1 aliphatic rings. The van der Waals surface area contributed by atoms with Crippen LogP contribution in [0.5, 0.6) is 0 Å². The Labute approximate surface area is 177 Å². The standard InChI is InChI=1S/C24H20FN3OS/c25-16-7-8-18-15(13-16)6-10-22(18)27-23-11-9-19-20(26-23)4-1-5-21(19)28-24(29)14-17-3-2-12-30-17/h1-5,7-9,11-13,22H,6,10,14H2,(H,26,27)(H,28,29). The van der Waals surface area contributed by atoms with Crippen LogP contribution in [0.3, 0.4) is 0 Å². The molecule has 0 aliphatic heterocycles. The van der Waals surface area contributed by atoms with Gasteiger partial charge in [-0.1, -0.05) is 18.2 Å². The molecule has 4 nitrogen and oxygen atoms in total. The number of anilines is 2. The van der Waals surface area contributed by atoms with E-state index in [0.29, 0.717) is 6.42 Å². The van der Waals surface area contributed by atoms with Crippen molar-refractivity contribution in [3.8, 4) is 0 Å². The number of aromatic nitrogens is 1. The molecule has 0 bridgehead atoms. The second-order valence-electron chi connectivity index (χ2n) is 7.45. The number of halogens is 1. The largest absolute Gasteiger partial charge is 0.363 e. The average molecular weight is 418 g/mol. The van der Waals surface area contributed by atoms with Gasteiger partial charge in [-0.05, 0) is 71.8 Å². The van der Waals surface area contributed by atoms with Crippen LogP contribution in [-0.4, -0.2) is 10.9 Å². The zero-order valence-electron chi connectivity index (χ0n) is 16.2. The number of carbonyl (C=O) groups excluding carboxylic acids is 1. The molecule has 5 rings (SSSR count). The maximum atomic E-state index is 13.5. The van der Waals surface area contributed by atoms with Crippen LogP contribution in [0.15, 0.2) is 66.0 Å². The number of hydrogen-bond acceptors (Lipinski definition) is 4. The summed E-state index contributed by atoms with van der Waals surface area (Å²) in [7, 11) is 0. The van der Waals surface area contributed by atoms with Gasteiger partial charge in [0.15, 0.2) is 0 Å². The van der Waals surface area contributed by atoms with Gasteiger partial charge >= 0.3 is 0 Å². The molecule has 2 aromatic carbocycles. The van der Waals surface area contributed by atoms with Crippen molar-refractivity contribution in [1.82, 2.24) is 4.98 Å². The van der Waals surface area contributed by atoms with Gasteiger partial charge in [-0.15, -0.1) is 11.3 Å². The predicted molar refractivity (Wildman–Crippen MR) is 119 cm³/mol. The Kier molecular flexibility index (Phi) is 4.93. The molecule has 0 fully saturated rings. The summed E-state index contributed by atoms with van der Waals surface area (Å²) in [5, 5.41) is 9.35. The molecule has 150 valence electrons. The average Bonchev–Trinajstić information content (AvgIpc) is 3.38. The van der Waals surface area contributed by atoms with Crippen molar-refractivity contribution in [3.63, 3.8) is 0 Å². The van der Waals surface area contributed by atoms with Gasteiger partial charge in [-0.25, -0.2) is 9.37 Å². The first-order valence-corrected chi connectivity index (χ1v) is 10.8. The van der Waals surface area contributed by atoms with Crippen LogP contribution < -0.4 is 10.6 Å². The summed E-state index contributed by atoms with van der Waals surface area (Å²) in [6.45, 7) is 0. The molecule has 0 spiro atoms. The van der Waals surface area contributed by atoms with Crippen LogP contribution in [0.1, 0.15) is 28.5 Å². The molecule has 0 radical (unpaired) electrons. The SMILES string of the molecule is O=C(Cc1cccs1)Nc1cccc2nc(NC3CCc4cc(F)ccc43)ccc12. The van der Waals surface area contributed by atoms with Gasteiger partial charge in [0.2, 0.25) is 5.91 Å². The fourth-order valence-corrected chi connectivity index (χ4v) is 4.73. The van der Waals surface area contributed by atoms with Gasteiger partial charge < -0.3 is 10.6 Å². The summed E-state index contributed by atoms with van der Waals surface area (Å²) in [4.78, 5) is 18.2. The zero-order chi connectivity index (χ0) is 20.5. The van der Waals surface area contributed by atoms with Crippen LogP contribution >= 0.6 is 11.3 Å². The Balaban J connectivity index is 1.35. The lowest BCUT2D eigenvalue weighted by Crippen LogP contribution is -2.14. The number of fused-ring (bicyclic) bond motifs is 2. The van der Waals surface area contributed by atoms with Crippen molar-refractivity contribution in [2.75, 3.05) is 10.6 Å². The second-order valence-corrected chi connectivity index (χ2v) is 8.48. The number of amides is 1. The van der Waals surface area contributed by atoms with Gasteiger partial charge in [0.05, 0.1) is 23.7 Å². The Hall–Kier alpha value is -3.25. The summed E-state index contributed by atoms with van der Waals surface area (Å²) in [5.74, 6) is 0.542. The number of rotatable bonds is 5. The number of pyridine rings is 1. The molecule has 0 saturated heterocycles. The van der Waals surface area contributed by atoms with Crippen molar-refractivity contribution in [1.29, 1.82) is 0 Å². The zero-order valence-corrected chi connectivity index (χ0v) is 17.0. The molecule has 2 N–H and O–H groups in total. The smallest absolute Gasteiger partial charge is 0.229 e. The van der Waals surface area contributed by atoms with E-state index in [2.05, 4.69) is 10.6 Å². The number of benzene rings is 2. The molecule has 2 heterocycles. The number of hydrogen-bond donors (Lipinski definition) is 2.